The van der Waals surface area contributed by atoms with E-state index in [1.807, 2.05) is 25.1 Å². The van der Waals surface area contributed by atoms with Gasteiger partial charge in [0.1, 0.15) is 0 Å². The maximum atomic E-state index is 11.8. The van der Waals surface area contributed by atoms with E-state index in [9.17, 15) is 4.79 Å². The quantitative estimate of drug-likeness (QED) is 0.723. The van der Waals surface area contributed by atoms with E-state index in [1.54, 1.807) is 0 Å². The van der Waals surface area contributed by atoms with Gasteiger partial charge >= 0.3 is 0 Å². The van der Waals surface area contributed by atoms with Gasteiger partial charge in [0.2, 0.25) is 0 Å². The zero-order chi connectivity index (χ0) is 9.42. The molecule has 1 aliphatic carbocycles. The summed E-state index contributed by atoms with van der Waals surface area (Å²) in [5, 5.41) is 0. The van der Waals surface area contributed by atoms with E-state index in [0.717, 1.165) is 28.4 Å². The Labute approximate surface area is 86.3 Å². The van der Waals surface area contributed by atoms with Crippen LogP contribution in [0.25, 0.3) is 0 Å². The highest BCUT2D eigenvalue weighted by molar-refractivity contribution is 9.10. The molecule has 2 rings (SSSR count). The Bertz CT molecular complexity index is 353. The number of carbonyl (C=O) groups excluding carboxylic acids is 1. The summed E-state index contributed by atoms with van der Waals surface area (Å²) < 4.78 is 0.965. The van der Waals surface area contributed by atoms with Crippen molar-refractivity contribution in [1.82, 2.24) is 0 Å². The molecule has 1 aliphatic rings. The standard InChI is InChI=1S/C11H11BrO/c1-7-3-2-4-9(10(7)12)11(13)8-5-6-8/h2-4,8H,5-6H2,1H3. The Morgan fingerprint density at radius 3 is 2.77 bits per heavy atom. The summed E-state index contributed by atoms with van der Waals surface area (Å²) in [5.41, 5.74) is 1.98. The molecule has 0 atom stereocenters. The van der Waals surface area contributed by atoms with Crippen LogP contribution in [0.4, 0.5) is 0 Å². The molecule has 68 valence electrons. The summed E-state index contributed by atoms with van der Waals surface area (Å²) in [6.07, 6.45) is 2.14. The highest BCUT2D eigenvalue weighted by atomic mass is 79.9. The predicted octanol–water partition coefficient (Wildman–Crippen LogP) is 3.35. The van der Waals surface area contributed by atoms with E-state index < -0.39 is 0 Å². The molecule has 1 nitrogen and oxygen atoms in total. The smallest absolute Gasteiger partial charge is 0.167 e. The number of benzene rings is 1. The maximum absolute atomic E-state index is 11.8. The van der Waals surface area contributed by atoms with Crippen LogP contribution in [-0.2, 0) is 0 Å². The Kier molecular flexibility index (Phi) is 2.24. The molecule has 13 heavy (non-hydrogen) atoms. The molecule has 1 aromatic carbocycles. The summed E-state index contributed by atoms with van der Waals surface area (Å²) in [6, 6.07) is 5.85. The third kappa shape index (κ3) is 1.68. The van der Waals surface area contributed by atoms with Gasteiger partial charge < -0.3 is 0 Å². The van der Waals surface area contributed by atoms with Gasteiger partial charge in [0, 0.05) is 16.0 Å². The van der Waals surface area contributed by atoms with E-state index in [1.165, 1.54) is 0 Å². The second-order valence-electron chi connectivity index (χ2n) is 3.57. The number of hydrogen-bond acceptors (Lipinski definition) is 1. The first-order valence-corrected chi connectivity index (χ1v) is 5.29. The van der Waals surface area contributed by atoms with Crippen LogP contribution in [0.5, 0.6) is 0 Å². The number of halogens is 1. The van der Waals surface area contributed by atoms with Crippen LogP contribution in [-0.4, -0.2) is 5.78 Å². The molecule has 1 aromatic rings. The normalized spacial score (nSPS) is 15.8. The third-order valence-electron chi connectivity index (χ3n) is 2.41. The van der Waals surface area contributed by atoms with Crippen molar-refractivity contribution in [1.29, 1.82) is 0 Å². The largest absolute Gasteiger partial charge is 0.294 e. The topological polar surface area (TPSA) is 17.1 Å². The zero-order valence-electron chi connectivity index (χ0n) is 7.51. The summed E-state index contributed by atoms with van der Waals surface area (Å²) in [5.74, 6) is 0.605. The molecular formula is C11H11BrO. The van der Waals surface area contributed by atoms with Crippen LogP contribution >= 0.6 is 15.9 Å². The number of aryl methyl sites for hydroxylation is 1. The highest BCUT2D eigenvalue weighted by Crippen LogP contribution is 2.35. The molecule has 0 spiro atoms. The van der Waals surface area contributed by atoms with Crippen molar-refractivity contribution in [3.8, 4) is 0 Å². The first-order valence-electron chi connectivity index (χ1n) is 4.49. The first kappa shape index (κ1) is 8.95. The van der Waals surface area contributed by atoms with Crippen LogP contribution in [0.1, 0.15) is 28.8 Å². The maximum Gasteiger partial charge on any atom is 0.167 e. The van der Waals surface area contributed by atoms with Gasteiger partial charge in [0.25, 0.3) is 0 Å². The fourth-order valence-corrected chi connectivity index (χ4v) is 1.86. The van der Waals surface area contributed by atoms with Crippen molar-refractivity contribution in [2.45, 2.75) is 19.8 Å². The van der Waals surface area contributed by atoms with Crippen molar-refractivity contribution in [2.75, 3.05) is 0 Å². The lowest BCUT2D eigenvalue weighted by atomic mass is 10.1. The van der Waals surface area contributed by atoms with Gasteiger partial charge in [-0.25, -0.2) is 0 Å². The van der Waals surface area contributed by atoms with Gasteiger partial charge in [-0.1, -0.05) is 18.2 Å². The van der Waals surface area contributed by atoms with E-state index in [4.69, 9.17) is 0 Å². The van der Waals surface area contributed by atoms with Crippen molar-refractivity contribution >= 4 is 21.7 Å². The van der Waals surface area contributed by atoms with Crippen LogP contribution in [0, 0.1) is 12.8 Å². The monoisotopic (exact) mass is 238 g/mol. The third-order valence-corrected chi connectivity index (χ3v) is 3.46. The SMILES string of the molecule is Cc1cccc(C(=O)C2CC2)c1Br. The Balaban J connectivity index is 2.38. The van der Waals surface area contributed by atoms with Crippen molar-refractivity contribution in [3.63, 3.8) is 0 Å². The molecule has 1 saturated carbocycles. The van der Waals surface area contributed by atoms with E-state index in [0.29, 0.717) is 11.7 Å². The molecule has 0 unspecified atom stereocenters. The number of ketones is 1. The Hall–Kier alpha value is -0.630. The molecular weight excluding hydrogens is 228 g/mol. The molecule has 0 saturated heterocycles. The van der Waals surface area contributed by atoms with Crippen LogP contribution < -0.4 is 0 Å². The minimum atomic E-state index is 0.301. The average molecular weight is 239 g/mol. The summed E-state index contributed by atoms with van der Waals surface area (Å²) in [4.78, 5) is 11.8. The fourth-order valence-electron chi connectivity index (χ4n) is 1.40. The number of hydrogen-bond donors (Lipinski definition) is 0. The molecule has 2 heteroatoms. The minimum Gasteiger partial charge on any atom is -0.294 e. The van der Waals surface area contributed by atoms with Gasteiger partial charge in [-0.05, 0) is 41.3 Å². The van der Waals surface area contributed by atoms with Gasteiger partial charge in [-0.15, -0.1) is 0 Å². The van der Waals surface area contributed by atoms with Crippen LogP contribution in [0.15, 0.2) is 22.7 Å². The molecule has 1 fully saturated rings. The van der Waals surface area contributed by atoms with E-state index in [-0.39, 0.29) is 0 Å². The zero-order valence-corrected chi connectivity index (χ0v) is 9.10. The van der Waals surface area contributed by atoms with Gasteiger partial charge in [-0.2, -0.15) is 0 Å². The summed E-state index contributed by atoms with van der Waals surface area (Å²) >= 11 is 3.46. The molecule has 0 aromatic heterocycles. The second kappa shape index (κ2) is 3.26. The van der Waals surface area contributed by atoms with Gasteiger partial charge in [0.15, 0.2) is 5.78 Å². The second-order valence-corrected chi connectivity index (χ2v) is 4.37. The summed E-state index contributed by atoms with van der Waals surface area (Å²) in [7, 11) is 0. The Morgan fingerprint density at radius 2 is 2.15 bits per heavy atom. The number of carbonyl (C=O) groups is 1. The van der Waals surface area contributed by atoms with Crippen molar-refractivity contribution in [2.24, 2.45) is 5.92 Å². The first-order chi connectivity index (χ1) is 6.20. The fraction of sp³-hybridized carbons (Fsp3) is 0.364. The number of Topliss-reactive ketones (excluding diaryl/α,β-unsaturated/α-hetero) is 1. The number of rotatable bonds is 2. The van der Waals surface area contributed by atoms with Crippen LogP contribution in [0.3, 0.4) is 0 Å². The predicted molar refractivity (Wildman–Crippen MR) is 55.9 cm³/mol. The lowest BCUT2D eigenvalue weighted by Gasteiger charge is -2.04. The Morgan fingerprint density at radius 1 is 1.46 bits per heavy atom. The van der Waals surface area contributed by atoms with E-state index >= 15 is 0 Å². The lowest BCUT2D eigenvalue weighted by Crippen LogP contribution is -2.02. The molecule has 0 radical (unpaired) electrons. The molecule has 0 aliphatic heterocycles. The van der Waals surface area contributed by atoms with Crippen LogP contribution in [0.2, 0.25) is 0 Å². The van der Waals surface area contributed by atoms with E-state index in [2.05, 4.69) is 15.9 Å². The molecule has 0 amide bonds. The molecule has 0 N–H and O–H groups in total. The summed E-state index contributed by atoms with van der Waals surface area (Å²) in [6.45, 7) is 2.01. The molecule has 0 heterocycles. The molecule has 0 bridgehead atoms. The average Bonchev–Trinajstić information content (AvgIpc) is 2.91. The van der Waals surface area contributed by atoms with Gasteiger partial charge in [0.05, 0.1) is 0 Å². The van der Waals surface area contributed by atoms with Gasteiger partial charge in [-0.3, -0.25) is 4.79 Å². The van der Waals surface area contributed by atoms with Crippen molar-refractivity contribution < 1.29 is 4.79 Å². The minimum absolute atomic E-state index is 0.301. The highest BCUT2D eigenvalue weighted by Gasteiger charge is 2.31. The van der Waals surface area contributed by atoms with Crippen molar-refractivity contribution in [3.05, 3.63) is 33.8 Å². The lowest BCUT2D eigenvalue weighted by molar-refractivity contribution is 0.0967.